The van der Waals surface area contributed by atoms with Gasteiger partial charge >= 0.3 is 0 Å². The lowest BCUT2D eigenvalue weighted by Crippen LogP contribution is -2.57. The summed E-state index contributed by atoms with van der Waals surface area (Å²) in [5.74, 6) is -0.125. The third-order valence-corrected chi connectivity index (χ3v) is 4.41. The Kier molecular flexibility index (Phi) is 4.30. The lowest BCUT2D eigenvalue weighted by Gasteiger charge is -2.38. The van der Waals surface area contributed by atoms with Gasteiger partial charge in [-0.1, -0.05) is 6.07 Å². The number of carbonyl (C=O) groups is 1. The van der Waals surface area contributed by atoms with Crippen LogP contribution < -0.4 is 5.32 Å². The Bertz CT molecular complexity index is 773. The maximum Gasteiger partial charge on any atom is 0.274 e. The molecular weight excluding hydrogens is 310 g/mol. The zero-order chi connectivity index (χ0) is 17.3. The summed E-state index contributed by atoms with van der Waals surface area (Å²) >= 11 is 0. The van der Waals surface area contributed by atoms with Gasteiger partial charge in [0, 0.05) is 43.5 Å². The molecule has 0 aliphatic carbocycles. The van der Waals surface area contributed by atoms with E-state index in [0.717, 1.165) is 6.54 Å². The number of nitrogens with zero attached hydrogens (tertiary/aromatic N) is 4. The first-order chi connectivity index (χ1) is 11.5. The molecule has 1 fully saturated rings. The minimum absolute atomic E-state index is 0.0135. The van der Waals surface area contributed by atoms with Gasteiger partial charge < -0.3 is 10.2 Å². The first-order valence-electron chi connectivity index (χ1n) is 7.82. The van der Waals surface area contributed by atoms with Crippen LogP contribution in [-0.2, 0) is 0 Å². The van der Waals surface area contributed by atoms with Gasteiger partial charge in [0.1, 0.15) is 0 Å². The highest BCUT2D eigenvalue weighted by Crippen LogP contribution is 2.18. The molecule has 1 N–H and O–H groups in total. The Labute approximate surface area is 139 Å². The van der Waals surface area contributed by atoms with Crippen molar-refractivity contribution in [2.75, 3.05) is 13.1 Å². The number of carbonyl (C=O) groups excluding carboxylic acids is 1. The zero-order valence-corrected chi connectivity index (χ0v) is 13.5. The molecule has 1 aromatic carbocycles. The minimum Gasteiger partial charge on any atom is -0.332 e. The molecule has 1 aliphatic rings. The third kappa shape index (κ3) is 3.00. The number of amides is 1. The number of hydrogen-bond donors (Lipinski definition) is 1. The Morgan fingerprint density at radius 3 is 2.92 bits per heavy atom. The second kappa shape index (κ2) is 6.40. The highest BCUT2D eigenvalue weighted by molar-refractivity contribution is 5.92. The van der Waals surface area contributed by atoms with Crippen molar-refractivity contribution in [1.29, 1.82) is 0 Å². The number of piperazine rings is 1. The summed E-state index contributed by atoms with van der Waals surface area (Å²) in [4.78, 5) is 24.9. The molecule has 24 heavy (non-hydrogen) atoms. The van der Waals surface area contributed by atoms with Crippen LogP contribution >= 0.6 is 0 Å². The molecule has 3 rings (SSSR count). The SMILES string of the molecule is CC1NCCN(C(=O)c2ccn(-c3cccc([N+](=O)[O-])c3)n2)C1C. The second-order valence-corrected chi connectivity index (χ2v) is 5.90. The Morgan fingerprint density at radius 2 is 2.17 bits per heavy atom. The van der Waals surface area contributed by atoms with Gasteiger partial charge in [0.2, 0.25) is 0 Å². The van der Waals surface area contributed by atoms with E-state index in [2.05, 4.69) is 10.4 Å². The second-order valence-electron chi connectivity index (χ2n) is 5.90. The summed E-state index contributed by atoms with van der Waals surface area (Å²) in [5, 5.41) is 18.5. The summed E-state index contributed by atoms with van der Waals surface area (Å²) in [6.45, 7) is 5.44. The maximum absolute atomic E-state index is 12.7. The molecule has 8 nitrogen and oxygen atoms in total. The van der Waals surface area contributed by atoms with Crippen molar-refractivity contribution < 1.29 is 9.72 Å². The molecule has 1 amide bonds. The van der Waals surface area contributed by atoms with Crippen LogP contribution in [0.1, 0.15) is 24.3 Å². The van der Waals surface area contributed by atoms with Crippen LogP contribution in [0.2, 0.25) is 0 Å². The Hall–Kier alpha value is -2.74. The molecule has 2 atom stereocenters. The van der Waals surface area contributed by atoms with Gasteiger partial charge in [0.25, 0.3) is 11.6 Å². The van der Waals surface area contributed by atoms with E-state index in [-0.39, 0.29) is 23.7 Å². The molecule has 0 bridgehead atoms. The van der Waals surface area contributed by atoms with Crippen LogP contribution in [0.3, 0.4) is 0 Å². The van der Waals surface area contributed by atoms with E-state index in [1.54, 1.807) is 29.3 Å². The Balaban J connectivity index is 1.84. The number of nitrogens with one attached hydrogen (secondary N) is 1. The van der Waals surface area contributed by atoms with Crippen molar-refractivity contribution in [2.24, 2.45) is 0 Å². The highest BCUT2D eigenvalue weighted by atomic mass is 16.6. The fourth-order valence-electron chi connectivity index (χ4n) is 2.82. The average molecular weight is 329 g/mol. The first-order valence-corrected chi connectivity index (χ1v) is 7.82. The average Bonchev–Trinajstić information content (AvgIpc) is 3.07. The molecule has 1 aromatic heterocycles. The van der Waals surface area contributed by atoms with Gasteiger partial charge in [0.15, 0.2) is 5.69 Å². The Morgan fingerprint density at radius 1 is 1.38 bits per heavy atom. The lowest BCUT2D eigenvalue weighted by atomic mass is 10.1. The summed E-state index contributed by atoms with van der Waals surface area (Å²) < 4.78 is 1.48. The molecule has 8 heteroatoms. The van der Waals surface area contributed by atoms with Crippen LogP contribution in [0.5, 0.6) is 0 Å². The fourth-order valence-corrected chi connectivity index (χ4v) is 2.82. The van der Waals surface area contributed by atoms with Crippen LogP contribution in [0.4, 0.5) is 5.69 Å². The van der Waals surface area contributed by atoms with E-state index >= 15 is 0 Å². The van der Waals surface area contributed by atoms with E-state index in [1.807, 2.05) is 13.8 Å². The summed E-state index contributed by atoms with van der Waals surface area (Å²) in [7, 11) is 0. The van der Waals surface area contributed by atoms with E-state index in [4.69, 9.17) is 0 Å². The van der Waals surface area contributed by atoms with E-state index in [1.165, 1.54) is 16.8 Å². The molecule has 2 heterocycles. The van der Waals surface area contributed by atoms with Gasteiger partial charge in [0.05, 0.1) is 10.6 Å². The zero-order valence-electron chi connectivity index (χ0n) is 13.5. The van der Waals surface area contributed by atoms with E-state index in [0.29, 0.717) is 17.9 Å². The number of nitro benzene ring substituents is 1. The monoisotopic (exact) mass is 329 g/mol. The van der Waals surface area contributed by atoms with Crippen molar-refractivity contribution in [2.45, 2.75) is 25.9 Å². The number of hydrogen-bond acceptors (Lipinski definition) is 5. The predicted molar refractivity (Wildman–Crippen MR) is 88.2 cm³/mol. The van der Waals surface area contributed by atoms with Crippen molar-refractivity contribution >= 4 is 11.6 Å². The standard InChI is InChI=1S/C16H19N5O3/c1-11-12(2)19(9-7-17-11)16(22)15-6-8-20(18-15)13-4-3-5-14(10-13)21(23)24/h3-6,8,10-12,17H,7,9H2,1-2H3. The summed E-state index contributed by atoms with van der Waals surface area (Å²) in [6.07, 6.45) is 1.64. The molecule has 2 aromatic rings. The largest absolute Gasteiger partial charge is 0.332 e. The number of non-ortho nitro benzene ring substituents is 1. The van der Waals surface area contributed by atoms with Gasteiger partial charge in [-0.15, -0.1) is 0 Å². The van der Waals surface area contributed by atoms with Gasteiger partial charge in [-0.2, -0.15) is 5.10 Å². The molecular formula is C16H19N5O3. The van der Waals surface area contributed by atoms with Crippen LogP contribution in [0, 0.1) is 10.1 Å². The summed E-state index contributed by atoms with van der Waals surface area (Å²) in [5.41, 5.74) is 0.868. The topological polar surface area (TPSA) is 93.3 Å². The minimum atomic E-state index is -0.455. The fraction of sp³-hybridized carbons (Fsp3) is 0.375. The lowest BCUT2D eigenvalue weighted by molar-refractivity contribution is -0.384. The molecule has 2 unspecified atom stereocenters. The number of benzene rings is 1. The number of aromatic nitrogens is 2. The number of rotatable bonds is 3. The smallest absolute Gasteiger partial charge is 0.274 e. The van der Waals surface area contributed by atoms with Crippen LogP contribution in [0.25, 0.3) is 5.69 Å². The van der Waals surface area contributed by atoms with Crippen molar-refractivity contribution in [3.63, 3.8) is 0 Å². The summed E-state index contributed by atoms with van der Waals surface area (Å²) in [6, 6.07) is 8.09. The van der Waals surface area contributed by atoms with Crippen LogP contribution in [0.15, 0.2) is 36.5 Å². The molecule has 0 saturated carbocycles. The van der Waals surface area contributed by atoms with Crippen LogP contribution in [-0.4, -0.2) is 50.7 Å². The first kappa shape index (κ1) is 16.1. The molecule has 0 radical (unpaired) electrons. The van der Waals surface area contributed by atoms with Gasteiger partial charge in [-0.3, -0.25) is 14.9 Å². The molecule has 1 saturated heterocycles. The number of nitro groups is 1. The highest BCUT2D eigenvalue weighted by Gasteiger charge is 2.29. The van der Waals surface area contributed by atoms with Crippen molar-refractivity contribution in [1.82, 2.24) is 20.0 Å². The third-order valence-electron chi connectivity index (χ3n) is 4.41. The molecule has 1 aliphatic heterocycles. The molecule has 126 valence electrons. The van der Waals surface area contributed by atoms with Crippen molar-refractivity contribution in [3.05, 3.63) is 52.3 Å². The van der Waals surface area contributed by atoms with Gasteiger partial charge in [-0.05, 0) is 26.0 Å². The van der Waals surface area contributed by atoms with Gasteiger partial charge in [-0.25, -0.2) is 4.68 Å². The van der Waals surface area contributed by atoms with E-state index in [9.17, 15) is 14.9 Å². The van der Waals surface area contributed by atoms with Crippen molar-refractivity contribution in [3.8, 4) is 5.69 Å². The maximum atomic E-state index is 12.7. The van der Waals surface area contributed by atoms with E-state index < -0.39 is 4.92 Å². The molecule has 0 spiro atoms. The predicted octanol–water partition coefficient (Wildman–Crippen LogP) is 1.60. The normalized spacial score (nSPS) is 20.8. The quantitative estimate of drug-likeness (QED) is 0.682.